The van der Waals surface area contributed by atoms with Crippen molar-refractivity contribution in [3.63, 3.8) is 0 Å². The van der Waals surface area contributed by atoms with Gasteiger partial charge in [-0.05, 0) is 80.7 Å². The van der Waals surface area contributed by atoms with E-state index in [4.69, 9.17) is 33.3 Å². The molecule has 1 N–H and O–H groups in total. The third-order valence-corrected chi connectivity index (χ3v) is 12.5. The number of nitriles is 1. The van der Waals surface area contributed by atoms with E-state index in [0.717, 1.165) is 60.9 Å². The molecule has 0 unspecified atom stereocenters. The minimum absolute atomic E-state index is 0.0571. The van der Waals surface area contributed by atoms with Crippen LogP contribution in [0.2, 0.25) is 10.0 Å². The van der Waals surface area contributed by atoms with Crippen molar-refractivity contribution in [1.29, 1.82) is 5.26 Å². The fourth-order valence-corrected chi connectivity index (χ4v) is 9.35. The van der Waals surface area contributed by atoms with Crippen molar-refractivity contribution in [1.82, 2.24) is 29.5 Å². The standard InChI is InChI=1S/C39H38Cl2FN7O/c1-3-21-16-45-48(18-21)25-14-31(47(19-25)39(50)22-9-10-22)32-15-27-20(2)46-36-28(38(27)49(32)37-24-13-30(37)44-17-24)12-23(6-5-11-43)33(35(36)42)26-7-4-8-29(40)34(26)41/h4,7-8,12,15-16,18,22,24-25,30-31,37,44H,3,5-6,9-10,13-14,17,19H2,1-2H3/t24-,25+,30-,31-,37+/m1/s1. The van der Waals surface area contributed by atoms with Crippen LogP contribution < -0.4 is 5.32 Å². The molecule has 0 radical (unpaired) electrons. The Bertz CT molecular complexity index is 2240. The van der Waals surface area contributed by atoms with Gasteiger partial charge in [-0.1, -0.05) is 42.3 Å². The highest BCUT2D eigenvalue weighted by atomic mass is 35.5. The summed E-state index contributed by atoms with van der Waals surface area (Å²) in [7, 11) is 0. The number of nitrogens with zero attached hydrogens (tertiary/aromatic N) is 6. The van der Waals surface area contributed by atoms with E-state index >= 15 is 4.39 Å². The summed E-state index contributed by atoms with van der Waals surface area (Å²) in [4.78, 5) is 21.0. The molecule has 2 bridgehead atoms. The van der Waals surface area contributed by atoms with E-state index in [1.54, 1.807) is 18.2 Å². The summed E-state index contributed by atoms with van der Waals surface area (Å²) in [6.07, 6.45) is 9.24. The van der Waals surface area contributed by atoms with Gasteiger partial charge in [-0.2, -0.15) is 10.4 Å². The Balaban J connectivity index is 1.29. The van der Waals surface area contributed by atoms with Crippen LogP contribution in [-0.4, -0.2) is 49.3 Å². The molecule has 5 aliphatic rings. The first-order valence-electron chi connectivity index (χ1n) is 17.8. The van der Waals surface area contributed by atoms with Gasteiger partial charge in [0.1, 0.15) is 5.52 Å². The van der Waals surface area contributed by atoms with Crippen molar-refractivity contribution < 1.29 is 9.18 Å². The molecule has 11 heteroatoms. The highest BCUT2D eigenvalue weighted by molar-refractivity contribution is 6.43. The Labute approximate surface area is 300 Å². The topological polar surface area (TPSA) is 91.8 Å². The number of nitrogens with one attached hydrogen (secondary N) is 1. The van der Waals surface area contributed by atoms with Gasteiger partial charge in [-0.25, -0.2) is 9.37 Å². The van der Waals surface area contributed by atoms with Crippen molar-refractivity contribution in [2.45, 2.75) is 83.0 Å². The summed E-state index contributed by atoms with van der Waals surface area (Å²) >= 11 is 13.1. The van der Waals surface area contributed by atoms with E-state index in [1.807, 2.05) is 19.2 Å². The summed E-state index contributed by atoms with van der Waals surface area (Å²) < 4.78 is 21.7. The summed E-state index contributed by atoms with van der Waals surface area (Å²) in [5, 5.41) is 20.3. The van der Waals surface area contributed by atoms with Crippen LogP contribution in [0, 0.1) is 35.9 Å². The highest BCUT2D eigenvalue weighted by Crippen LogP contribution is 2.52. The van der Waals surface area contributed by atoms with Crippen LogP contribution in [0.15, 0.2) is 42.7 Å². The third-order valence-electron chi connectivity index (χ3n) is 11.7. The van der Waals surface area contributed by atoms with Crippen LogP contribution in [0.1, 0.15) is 79.7 Å². The second-order valence-electron chi connectivity index (χ2n) is 14.6. The van der Waals surface area contributed by atoms with Crippen molar-refractivity contribution in [2.75, 3.05) is 13.1 Å². The molecule has 3 aliphatic heterocycles. The fourth-order valence-electron chi connectivity index (χ4n) is 8.95. The number of aromatic nitrogens is 4. The SMILES string of the molecule is CCc1cnn([C@H]2C[C@H](c3cc4c(C)nc5c(F)c(-c6cccc(Cl)c6Cl)c(CCC#N)cc5c4n3[C@H]3[C@H]4CN[C@@H]3C4)N(C(=O)C3CC3)C2)c1. The molecule has 2 saturated carbocycles. The average Bonchev–Trinajstić information content (AvgIpc) is 3.60. The summed E-state index contributed by atoms with van der Waals surface area (Å²) in [5.41, 5.74) is 5.72. The van der Waals surface area contributed by atoms with Gasteiger partial charge in [-0.15, -0.1) is 0 Å². The van der Waals surface area contributed by atoms with Crippen LogP contribution >= 0.6 is 23.2 Å². The van der Waals surface area contributed by atoms with Gasteiger partial charge in [0.25, 0.3) is 0 Å². The predicted octanol–water partition coefficient (Wildman–Crippen LogP) is 8.28. The van der Waals surface area contributed by atoms with E-state index < -0.39 is 5.82 Å². The molecule has 5 fully saturated rings. The lowest BCUT2D eigenvalue weighted by atomic mass is 9.79. The Morgan fingerprint density at radius 1 is 1.18 bits per heavy atom. The Kier molecular flexibility index (Phi) is 7.72. The first kappa shape index (κ1) is 32.0. The van der Waals surface area contributed by atoms with Gasteiger partial charge in [0.2, 0.25) is 5.91 Å². The van der Waals surface area contributed by atoms with Crippen molar-refractivity contribution in [3.05, 3.63) is 81.1 Å². The van der Waals surface area contributed by atoms with Gasteiger partial charge in [0, 0.05) is 71.0 Å². The van der Waals surface area contributed by atoms with E-state index in [0.29, 0.717) is 52.0 Å². The van der Waals surface area contributed by atoms with Crippen molar-refractivity contribution in [2.24, 2.45) is 11.8 Å². The number of aryl methyl sites for hydroxylation is 3. The largest absolute Gasteiger partial charge is 0.337 e. The lowest BCUT2D eigenvalue weighted by Crippen LogP contribution is -2.41. The average molecular weight is 711 g/mol. The van der Waals surface area contributed by atoms with Gasteiger partial charge < -0.3 is 14.8 Å². The summed E-state index contributed by atoms with van der Waals surface area (Å²) in [5.74, 6) is 0.274. The maximum absolute atomic E-state index is 17.2. The number of amides is 1. The minimum Gasteiger partial charge on any atom is -0.337 e. The molecule has 0 spiro atoms. The number of hydrogen-bond donors (Lipinski definition) is 1. The number of halogens is 3. The number of hydrogen-bond acceptors (Lipinski definition) is 5. The molecule has 3 aromatic heterocycles. The molecule has 50 heavy (non-hydrogen) atoms. The number of pyridine rings is 1. The normalized spacial score (nSPS) is 24.3. The second kappa shape index (κ2) is 12.1. The van der Waals surface area contributed by atoms with Crippen molar-refractivity contribution in [3.8, 4) is 17.2 Å². The molecule has 5 aromatic rings. The zero-order valence-corrected chi connectivity index (χ0v) is 29.6. The lowest BCUT2D eigenvalue weighted by Gasteiger charge is -2.39. The van der Waals surface area contributed by atoms with E-state index in [9.17, 15) is 10.1 Å². The molecular weight excluding hydrogens is 672 g/mol. The quantitative estimate of drug-likeness (QED) is 0.175. The number of likely N-dealkylation sites (tertiary alicyclic amines) is 1. The van der Waals surface area contributed by atoms with Crippen LogP contribution in [0.5, 0.6) is 0 Å². The minimum atomic E-state index is -0.467. The van der Waals surface area contributed by atoms with E-state index in [1.165, 1.54) is 5.56 Å². The number of fused-ring (bicyclic) bond motifs is 4. The maximum Gasteiger partial charge on any atom is 0.226 e. The maximum atomic E-state index is 17.2. The molecular formula is C39H38Cl2FN7O. The Hall–Kier alpha value is -3.97. The molecule has 1 amide bonds. The molecule has 256 valence electrons. The van der Waals surface area contributed by atoms with Crippen molar-refractivity contribution >= 4 is 50.9 Å². The lowest BCUT2D eigenvalue weighted by molar-refractivity contribution is -0.133. The molecule has 10 rings (SSSR count). The van der Waals surface area contributed by atoms with Crippen LogP contribution in [0.3, 0.4) is 0 Å². The molecule has 3 saturated heterocycles. The summed E-state index contributed by atoms with van der Waals surface area (Å²) in [6, 6.07) is 12.1. The van der Waals surface area contributed by atoms with Crippen LogP contribution in [0.4, 0.5) is 4.39 Å². The third kappa shape index (κ3) is 4.90. The monoisotopic (exact) mass is 709 g/mol. The molecule has 2 aromatic carbocycles. The fraction of sp³-hybridized carbons (Fsp3) is 0.436. The van der Waals surface area contributed by atoms with Gasteiger partial charge in [-0.3, -0.25) is 9.48 Å². The number of benzene rings is 2. The molecule has 5 atom stereocenters. The predicted molar refractivity (Wildman–Crippen MR) is 193 cm³/mol. The zero-order chi connectivity index (χ0) is 34.4. The highest BCUT2D eigenvalue weighted by Gasteiger charge is 2.51. The number of rotatable bonds is 8. The van der Waals surface area contributed by atoms with Crippen LogP contribution in [-0.2, 0) is 17.6 Å². The number of carbonyl (C=O) groups excluding carboxylic acids is 1. The van der Waals surface area contributed by atoms with Gasteiger partial charge in [0.05, 0.1) is 46.0 Å². The number of carbonyl (C=O) groups is 1. The zero-order valence-electron chi connectivity index (χ0n) is 28.1. The van der Waals surface area contributed by atoms with E-state index in [2.05, 4.69) is 44.7 Å². The van der Waals surface area contributed by atoms with E-state index in [-0.39, 0.29) is 46.9 Å². The first-order valence-corrected chi connectivity index (χ1v) is 18.6. The Morgan fingerprint density at radius 2 is 2.02 bits per heavy atom. The van der Waals surface area contributed by atoms with Gasteiger partial charge in [0.15, 0.2) is 5.82 Å². The molecule has 2 aliphatic carbocycles. The van der Waals surface area contributed by atoms with Crippen LogP contribution in [0.25, 0.3) is 32.9 Å². The molecule has 8 nitrogen and oxygen atoms in total. The second-order valence-corrected chi connectivity index (χ2v) is 15.4. The first-order chi connectivity index (χ1) is 24.3. The van der Waals surface area contributed by atoms with Gasteiger partial charge >= 0.3 is 0 Å². The smallest absolute Gasteiger partial charge is 0.226 e. The Morgan fingerprint density at radius 3 is 2.72 bits per heavy atom. The summed E-state index contributed by atoms with van der Waals surface area (Å²) in [6.45, 7) is 5.61. The molecule has 6 heterocycles.